The first-order valence-electron chi connectivity index (χ1n) is 5.22. The molecule has 0 fully saturated rings. The van der Waals surface area contributed by atoms with Gasteiger partial charge in [0.25, 0.3) is 5.69 Å². The lowest BCUT2D eigenvalue weighted by Gasteiger charge is -1.98. The van der Waals surface area contributed by atoms with Gasteiger partial charge in [-0.1, -0.05) is 29.8 Å². The van der Waals surface area contributed by atoms with Crippen LogP contribution in [0.5, 0.6) is 0 Å². The van der Waals surface area contributed by atoms with Gasteiger partial charge in [0.05, 0.1) is 21.3 Å². The van der Waals surface area contributed by atoms with Gasteiger partial charge in [0.1, 0.15) is 5.69 Å². The molecule has 2 rings (SSSR count). The number of benzene rings is 2. The summed E-state index contributed by atoms with van der Waals surface area (Å²) in [5.74, 6) is 0. The van der Waals surface area contributed by atoms with Crippen molar-refractivity contribution >= 4 is 34.4 Å². The lowest BCUT2D eigenvalue weighted by Crippen LogP contribution is -1.93. The van der Waals surface area contributed by atoms with Crippen LogP contribution >= 0.6 is 11.6 Å². The number of anilines is 3. The molecule has 100 valence electrons. The number of hydrogen-bond acceptors (Lipinski definition) is 5. The maximum Gasteiger partial charge on any atom is 0.292 e. The average Bonchev–Trinajstić information content (AvgIpc) is 2.37. The standard InChI is InChI=1S/C6H7ClN2.C6H6N2O2/c7-4-2-1-3-5(8)6(4)9;7-5-3-1-2-4-6(5)8(9)10/h1-3H,8-9H2;1-4H,7H2. The highest BCUT2D eigenvalue weighted by molar-refractivity contribution is 6.33. The van der Waals surface area contributed by atoms with Crippen molar-refractivity contribution in [3.8, 4) is 0 Å². The summed E-state index contributed by atoms with van der Waals surface area (Å²) in [6, 6.07) is 11.3. The molecule has 0 aliphatic carbocycles. The van der Waals surface area contributed by atoms with E-state index in [-0.39, 0.29) is 11.4 Å². The minimum absolute atomic E-state index is 0.0394. The van der Waals surface area contributed by atoms with Gasteiger partial charge in [-0.15, -0.1) is 0 Å². The van der Waals surface area contributed by atoms with Crippen LogP contribution in [0.3, 0.4) is 0 Å². The highest BCUT2D eigenvalue weighted by Gasteiger charge is 2.07. The van der Waals surface area contributed by atoms with E-state index in [9.17, 15) is 10.1 Å². The van der Waals surface area contributed by atoms with Gasteiger partial charge in [0, 0.05) is 6.07 Å². The molecule has 0 aliphatic rings. The van der Waals surface area contributed by atoms with Gasteiger partial charge < -0.3 is 17.2 Å². The number of nitro groups is 1. The quantitative estimate of drug-likeness (QED) is 0.421. The van der Waals surface area contributed by atoms with E-state index in [1.54, 1.807) is 30.3 Å². The second kappa shape index (κ2) is 6.46. The first-order chi connectivity index (χ1) is 8.93. The number of rotatable bonds is 1. The zero-order valence-corrected chi connectivity index (χ0v) is 10.7. The van der Waals surface area contributed by atoms with Crippen LogP contribution in [0.15, 0.2) is 42.5 Å². The molecule has 0 bridgehead atoms. The van der Waals surface area contributed by atoms with Gasteiger partial charge in [-0.25, -0.2) is 0 Å². The predicted molar refractivity (Wildman–Crippen MR) is 77.8 cm³/mol. The molecule has 0 saturated heterocycles. The molecule has 0 aliphatic heterocycles. The Morgan fingerprint density at radius 1 is 0.947 bits per heavy atom. The third-order valence-corrected chi connectivity index (χ3v) is 2.55. The van der Waals surface area contributed by atoms with E-state index in [2.05, 4.69) is 0 Å². The van der Waals surface area contributed by atoms with Crippen molar-refractivity contribution in [2.45, 2.75) is 0 Å². The maximum absolute atomic E-state index is 10.1. The Morgan fingerprint density at radius 2 is 1.53 bits per heavy atom. The van der Waals surface area contributed by atoms with Crippen molar-refractivity contribution in [3.05, 3.63) is 57.6 Å². The molecule has 0 atom stereocenters. The largest absolute Gasteiger partial charge is 0.397 e. The van der Waals surface area contributed by atoms with Crippen molar-refractivity contribution in [1.82, 2.24) is 0 Å². The summed E-state index contributed by atoms with van der Waals surface area (Å²) in [6.45, 7) is 0. The lowest BCUT2D eigenvalue weighted by molar-refractivity contribution is -0.383. The van der Waals surface area contributed by atoms with Crippen molar-refractivity contribution < 1.29 is 4.92 Å². The van der Waals surface area contributed by atoms with E-state index in [1.807, 2.05) is 0 Å². The van der Waals surface area contributed by atoms with E-state index in [1.165, 1.54) is 12.1 Å². The number of hydrogen-bond donors (Lipinski definition) is 3. The summed E-state index contributed by atoms with van der Waals surface area (Å²) < 4.78 is 0. The fraction of sp³-hybridized carbons (Fsp3) is 0. The van der Waals surface area contributed by atoms with Crippen LogP contribution in [0.25, 0.3) is 0 Å². The second-order valence-electron chi connectivity index (χ2n) is 3.56. The monoisotopic (exact) mass is 280 g/mol. The Labute approximate surface area is 114 Å². The Hall–Kier alpha value is -2.47. The van der Waals surface area contributed by atoms with E-state index >= 15 is 0 Å². The summed E-state index contributed by atoms with van der Waals surface area (Å²) in [5.41, 5.74) is 17.3. The van der Waals surface area contributed by atoms with E-state index < -0.39 is 4.92 Å². The van der Waals surface area contributed by atoms with Crippen LogP contribution in [0.1, 0.15) is 0 Å². The maximum atomic E-state index is 10.1. The second-order valence-corrected chi connectivity index (χ2v) is 3.97. The van der Waals surface area contributed by atoms with Crippen molar-refractivity contribution in [3.63, 3.8) is 0 Å². The zero-order valence-electron chi connectivity index (χ0n) is 9.92. The summed E-state index contributed by atoms with van der Waals surface area (Å²) >= 11 is 5.61. The van der Waals surface area contributed by atoms with E-state index in [0.717, 1.165) is 0 Å². The number of nitro benzene ring substituents is 1. The minimum Gasteiger partial charge on any atom is -0.397 e. The Bertz CT molecular complexity index is 569. The number of nitrogens with zero attached hydrogens (tertiary/aromatic N) is 1. The Kier molecular flexibility index (Phi) is 4.96. The topological polar surface area (TPSA) is 121 Å². The van der Waals surface area contributed by atoms with Gasteiger partial charge in [0.2, 0.25) is 0 Å². The van der Waals surface area contributed by atoms with Crippen molar-refractivity contribution in [2.24, 2.45) is 0 Å². The summed E-state index contributed by atoms with van der Waals surface area (Å²) in [5, 5.41) is 10.7. The van der Waals surface area contributed by atoms with Gasteiger partial charge in [0.15, 0.2) is 0 Å². The molecule has 6 nitrogen and oxygen atoms in total. The van der Waals surface area contributed by atoms with E-state index in [0.29, 0.717) is 16.4 Å². The summed E-state index contributed by atoms with van der Waals surface area (Å²) in [7, 11) is 0. The van der Waals surface area contributed by atoms with Crippen LogP contribution in [0.2, 0.25) is 5.02 Å². The lowest BCUT2D eigenvalue weighted by atomic mass is 10.3. The van der Waals surface area contributed by atoms with Crippen LogP contribution in [-0.4, -0.2) is 4.92 Å². The highest BCUT2D eigenvalue weighted by atomic mass is 35.5. The van der Waals surface area contributed by atoms with Crippen LogP contribution < -0.4 is 17.2 Å². The highest BCUT2D eigenvalue weighted by Crippen LogP contribution is 2.23. The third-order valence-electron chi connectivity index (χ3n) is 2.22. The van der Waals surface area contributed by atoms with Gasteiger partial charge in [-0.05, 0) is 18.2 Å². The molecule has 2 aromatic rings. The van der Waals surface area contributed by atoms with Crippen LogP contribution in [-0.2, 0) is 0 Å². The summed E-state index contributed by atoms with van der Waals surface area (Å²) in [4.78, 5) is 9.64. The molecule has 7 heteroatoms. The van der Waals surface area contributed by atoms with Crippen LogP contribution in [0, 0.1) is 10.1 Å². The minimum atomic E-state index is -0.505. The fourth-order valence-corrected chi connectivity index (χ4v) is 1.39. The molecule has 2 aromatic carbocycles. The molecule has 0 heterocycles. The number of para-hydroxylation sites is 3. The third kappa shape index (κ3) is 4.04. The fourth-order valence-electron chi connectivity index (χ4n) is 1.21. The van der Waals surface area contributed by atoms with Crippen LogP contribution in [0.4, 0.5) is 22.7 Å². The molecular weight excluding hydrogens is 268 g/mol. The molecule has 6 N–H and O–H groups in total. The van der Waals surface area contributed by atoms with Crippen molar-refractivity contribution in [2.75, 3.05) is 17.2 Å². The van der Waals surface area contributed by atoms with Gasteiger partial charge >= 0.3 is 0 Å². The number of nitrogen functional groups attached to an aromatic ring is 3. The molecular formula is C12H13ClN4O2. The Morgan fingerprint density at radius 3 is 1.95 bits per heavy atom. The average molecular weight is 281 g/mol. The van der Waals surface area contributed by atoms with Crippen molar-refractivity contribution in [1.29, 1.82) is 0 Å². The number of halogens is 1. The molecule has 0 unspecified atom stereocenters. The molecule has 0 aromatic heterocycles. The summed E-state index contributed by atoms with van der Waals surface area (Å²) in [6.07, 6.45) is 0. The SMILES string of the molecule is Nc1cccc(Cl)c1N.Nc1ccccc1[N+](=O)[O-]. The molecule has 0 amide bonds. The van der Waals surface area contributed by atoms with Gasteiger partial charge in [-0.3, -0.25) is 10.1 Å². The van der Waals surface area contributed by atoms with E-state index in [4.69, 9.17) is 28.8 Å². The molecule has 0 radical (unpaired) electrons. The predicted octanol–water partition coefficient (Wildman–Crippen LogP) is 2.68. The van der Waals surface area contributed by atoms with Gasteiger partial charge in [-0.2, -0.15) is 0 Å². The molecule has 19 heavy (non-hydrogen) atoms. The first kappa shape index (κ1) is 14.6. The number of nitrogens with two attached hydrogens (primary N) is 3. The Balaban J connectivity index is 0.000000191. The smallest absolute Gasteiger partial charge is 0.292 e. The first-order valence-corrected chi connectivity index (χ1v) is 5.59. The normalized spacial score (nSPS) is 9.32. The molecule has 0 saturated carbocycles. The molecule has 0 spiro atoms. The zero-order chi connectivity index (χ0) is 14.4.